The summed E-state index contributed by atoms with van der Waals surface area (Å²) in [7, 11) is 0. The van der Waals surface area contributed by atoms with Gasteiger partial charge in [0.05, 0.1) is 6.61 Å². The van der Waals surface area contributed by atoms with Crippen molar-refractivity contribution in [3.8, 4) is 0 Å². The Bertz CT molecular complexity index is 290. The summed E-state index contributed by atoms with van der Waals surface area (Å²) < 4.78 is 4.61. The molecule has 0 atom stereocenters. The largest absolute Gasteiger partial charge is 0.447 e. The maximum atomic E-state index is 10.9. The van der Waals surface area contributed by atoms with Gasteiger partial charge in [-0.1, -0.05) is 6.07 Å². The van der Waals surface area contributed by atoms with Gasteiger partial charge in [-0.25, -0.2) is 4.79 Å². The number of nitrogens with one attached hydrogen (secondary N) is 1. The number of hydrogen-bond donors (Lipinski definition) is 2. The van der Waals surface area contributed by atoms with E-state index < -0.39 is 6.09 Å². The van der Waals surface area contributed by atoms with Crippen molar-refractivity contribution in [2.24, 2.45) is 0 Å². The Morgan fingerprint density at radius 3 is 3.07 bits per heavy atom. The number of aromatic nitrogens is 1. The first-order valence-corrected chi connectivity index (χ1v) is 4.74. The van der Waals surface area contributed by atoms with Crippen molar-refractivity contribution in [3.05, 3.63) is 30.1 Å². The molecule has 1 amide bonds. The number of ether oxygens (including phenoxy) is 1. The van der Waals surface area contributed by atoms with Crippen LogP contribution in [0.5, 0.6) is 0 Å². The molecule has 0 bridgehead atoms. The van der Waals surface area contributed by atoms with E-state index in [2.05, 4.69) is 15.0 Å². The number of nitrogens with zero attached hydrogens (tertiary/aromatic N) is 1. The molecule has 0 aliphatic heterocycles. The third kappa shape index (κ3) is 4.97. The second-order valence-corrected chi connectivity index (χ2v) is 2.86. The van der Waals surface area contributed by atoms with Gasteiger partial charge >= 0.3 is 6.09 Å². The molecular formula is C10H14N2O3. The number of pyridine rings is 1. The zero-order valence-electron chi connectivity index (χ0n) is 8.35. The molecule has 0 spiro atoms. The Morgan fingerprint density at radius 1 is 1.53 bits per heavy atom. The highest BCUT2D eigenvalue weighted by Crippen LogP contribution is 1.93. The summed E-state index contributed by atoms with van der Waals surface area (Å²) in [6.45, 7) is 0.338. The van der Waals surface area contributed by atoms with E-state index in [0.29, 0.717) is 13.0 Å². The molecule has 5 heteroatoms. The summed E-state index contributed by atoms with van der Waals surface area (Å²) in [4.78, 5) is 15.0. The SMILES string of the molecule is O=C(NCCc1ccccn1)OCCO. The molecule has 15 heavy (non-hydrogen) atoms. The van der Waals surface area contributed by atoms with E-state index in [-0.39, 0.29) is 13.2 Å². The van der Waals surface area contributed by atoms with Crippen molar-refractivity contribution >= 4 is 6.09 Å². The van der Waals surface area contributed by atoms with Crippen LogP contribution in [-0.2, 0) is 11.2 Å². The summed E-state index contributed by atoms with van der Waals surface area (Å²) >= 11 is 0. The van der Waals surface area contributed by atoms with E-state index in [0.717, 1.165) is 5.69 Å². The fraction of sp³-hybridized carbons (Fsp3) is 0.400. The topological polar surface area (TPSA) is 71.5 Å². The second-order valence-electron chi connectivity index (χ2n) is 2.86. The maximum absolute atomic E-state index is 10.9. The molecule has 0 unspecified atom stereocenters. The lowest BCUT2D eigenvalue weighted by molar-refractivity contribution is 0.119. The van der Waals surface area contributed by atoms with E-state index in [9.17, 15) is 4.79 Å². The lowest BCUT2D eigenvalue weighted by Crippen LogP contribution is -2.27. The summed E-state index contributed by atoms with van der Waals surface area (Å²) in [6, 6.07) is 5.62. The second kappa shape index (κ2) is 6.78. The highest BCUT2D eigenvalue weighted by atomic mass is 16.6. The molecule has 82 valence electrons. The monoisotopic (exact) mass is 210 g/mol. The predicted molar refractivity (Wildman–Crippen MR) is 54.4 cm³/mol. The normalized spacial score (nSPS) is 9.67. The van der Waals surface area contributed by atoms with Gasteiger partial charge in [0, 0.05) is 24.9 Å². The van der Waals surface area contributed by atoms with Crippen LogP contribution in [0.15, 0.2) is 24.4 Å². The maximum Gasteiger partial charge on any atom is 0.407 e. The first-order valence-electron chi connectivity index (χ1n) is 4.74. The van der Waals surface area contributed by atoms with Crippen LogP contribution in [0.3, 0.4) is 0 Å². The highest BCUT2D eigenvalue weighted by Gasteiger charge is 2.00. The van der Waals surface area contributed by atoms with Gasteiger partial charge in [-0.3, -0.25) is 4.98 Å². The van der Waals surface area contributed by atoms with Gasteiger partial charge in [0.2, 0.25) is 0 Å². The van der Waals surface area contributed by atoms with Crippen molar-refractivity contribution in [2.45, 2.75) is 6.42 Å². The van der Waals surface area contributed by atoms with Crippen LogP contribution in [-0.4, -0.2) is 35.9 Å². The molecule has 0 aliphatic carbocycles. The average molecular weight is 210 g/mol. The number of carbonyl (C=O) groups excluding carboxylic acids is 1. The van der Waals surface area contributed by atoms with Crippen LogP contribution in [0.2, 0.25) is 0 Å². The molecule has 5 nitrogen and oxygen atoms in total. The first kappa shape index (κ1) is 11.5. The average Bonchev–Trinajstić information content (AvgIpc) is 2.28. The number of hydrogen-bond acceptors (Lipinski definition) is 4. The van der Waals surface area contributed by atoms with Gasteiger partial charge < -0.3 is 15.2 Å². The predicted octanol–water partition coefficient (Wildman–Crippen LogP) is 0.343. The number of aliphatic hydroxyl groups is 1. The molecule has 1 aromatic heterocycles. The van der Waals surface area contributed by atoms with E-state index in [1.165, 1.54) is 0 Å². The molecule has 1 rings (SSSR count). The third-order valence-electron chi connectivity index (χ3n) is 1.70. The molecule has 0 saturated carbocycles. The van der Waals surface area contributed by atoms with Gasteiger partial charge in [0.15, 0.2) is 0 Å². The summed E-state index contributed by atoms with van der Waals surface area (Å²) in [5, 5.41) is 11.0. The Morgan fingerprint density at radius 2 is 2.40 bits per heavy atom. The van der Waals surface area contributed by atoms with Crippen LogP contribution < -0.4 is 5.32 Å². The molecule has 0 radical (unpaired) electrons. The molecule has 0 aromatic carbocycles. The summed E-state index contributed by atoms with van der Waals surface area (Å²) in [5.41, 5.74) is 0.917. The fourth-order valence-corrected chi connectivity index (χ4v) is 1.03. The number of carbonyl (C=O) groups is 1. The van der Waals surface area contributed by atoms with Crippen LogP contribution in [0.4, 0.5) is 4.79 Å². The molecule has 0 aliphatic rings. The molecular weight excluding hydrogens is 196 g/mol. The van der Waals surface area contributed by atoms with Crippen LogP contribution in [0, 0.1) is 0 Å². The van der Waals surface area contributed by atoms with Crippen LogP contribution in [0.1, 0.15) is 5.69 Å². The molecule has 2 N–H and O–H groups in total. The van der Waals surface area contributed by atoms with Gasteiger partial charge in [-0.2, -0.15) is 0 Å². The van der Waals surface area contributed by atoms with E-state index in [1.54, 1.807) is 6.20 Å². The van der Waals surface area contributed by atoms with Crippen molar-refractivity contribution in [1.82, 2.24) is 10.3 Å². The fourth-order valence-electron chi connectivity index (χ4n) is 1.03. The Labute approximate surface area is 88.1 Å². The quantitative estimate of drug-likeness (QED) is 0.735. The Kier molecular flexibility index (Phi) is 5.18. The van der Waals surface area contributed by atoms with Gasteiger partial charge in [0.1, 0.15) is 6.61 Å². The lowest BCUT2D eigenvalue weighted by Gasteiger charge is -2.04. The lowest BCUT2D eigenvalue weighted by atomic mass is 10.3. The standard InChI is InChI=1S/C10H14N2O3/c13-7-8-15-10(14)12-6-4-9-3-1-2-5-11-9/h1-3,5,13H,4,6-8H2,(H,12,14). The van der Waals surface area contributed by atoms with Crippen molar-refractivity contribution < 1.29 is 14.6 Å². The van der Waals surface area contributed by atoms with Crippen molar-refractivity contribution in [2.75, 3.05) is 19.8 Å². The molecule has 0 fully saturated rings. The van der Waals surface area contributed by atoms with E-state index in [4.69, 9.17) is 5.11 Å². The number of rotatable bonds is 5. The number of aliphatic hydroxyl groups excluding tert-OH is 1. The first-order chi connectivity index (χ1) is 7.33. The number of amides is 1. The zero-order valence-corrected chi connectivity index (χ0v) is 8.35. The Hall–Kier alpha value is -1.62. The molecule has 0 saturated heterocycles. The van der Waals surface area contributed by atoms with E-state index in [1.807, 2.05) is 18.2 Å². The minimum Gasteiger partial charge on any atom is -0.447 e. The summed E-state index contributed by atoms with van der Waals surface area (Å²) in [6.07, 6.45) is 1.86. The van der Waals surface area contributed by atoms with Gasteiger partial charge in [-0.15, -0.1) is 0 Å². The van der Waals surface area contributed by atoms with Crippen molar-refractivity contribution in [1.29, 1.82) is 0 Å². The van der Waals surface area contributed by atoms with Crippen LogP contribution >= 0.6 is 0 Å². The third-order valence-corrected chi connectivity index (χ3v) is 1.70. The summed E-state index contributed by atoms with van der Waals surface area (Å²) in [5.74, 6) is 0. The molecule has 1 heterocycles. The number of alkyl carbamates (subject to hydrolysis) is 1. The van der Waals surface area contributed by atoms with Crippen LogP contribution in [0.25, 0.3) is 0 Å². The highest BCUT2D eigenvalue weighted by molar-refractivity contribution is 5.67. The Balaban J connectivity index is 2.14. The van der Waals surface area contributed by atoms with E-state index >= 15 is 0 Å². The molecule has 1 aromatic rings. The minimum atomic E-state index is -0.514. The zero-order chi connectivity index (χ0) is 10.9. The van der Waals surface area contributed by atoms with Gasteiger partial charge in [0.25, 0.3) is 0 Å². The van der Waals surface area contributed by atoms with Crippen molar-refractivity contribution in [3.63, 3.8) is 0 Å². The minimum absolute atomic E-state index is 0.0232. The van der Waals surface area contributed by atoms with Gasteiger partial charge in [-0.05, 0) is 12.1 Å². The smallest absolute Gasteiger partial charge is 0.407 e.